The van der Waals surface area contributed by atoms with Gasteiger partial charge >= 0.3 is 5.97 Å². The van der Waals surface area contributed by atoms with Crippen molar-refractivity contribution < 1.29 is 9.90 Å². The Hall–Kier alpha value is -1.77. The minimum absolute atomic E-state index is 0.400. The highest BCUT2D eigenvalue weighted by Crippen LogP contribution is 2.29. The topological polar surface area (TPSA) is 42.2 Å². The number of hydrogen-bond acceptors (Lipinski definition) is 1. The van der Waals surface area contributed by atoms with Gasteiger partial charge in [-0.25, -0.2) is 4.79 Å². The molecular weight excluding hydrogens is 226 g/mol. The smallest absolute Gasteiger partial charge is 0.336 e. The first-order chi connectivity index (χ1) is 8.51. The highest BCUT2D eigenvalue weighted by molar-refractivity contribution is 5.96. The molecule has 0 aliphatic heterocycles. The molecule has 1 aromatic carbocycles. The number of carboxylic acids is 1. The van der Waals surface area contributed by atoms with Crippen LogP contribution in [0.1, 0.15) is 41.0 Å². The molecule has 0 unspecified atom stereocenters. The van der Waals surface area contributed by atoms with Crippen LogP contribution in [-0.2, 0) is 13.0 Å². The summed E-state index contributed by atoms with van der Waals surface area (Å²) >= 11 is 0. The van der Waals surface area contributed by atoms with E-state index in [0.29, 0.717) is 5.56 Å². The van der Waals surface area contributed by atoms with Crippen molar-refractivity contribution in [2.45, 2.75) is 40.7 Å². The van der Waals surface area contributed by atoms with Gasteiger partial charge in [0.15, 0.2) is 0 Å². The first-order valence-electron chi connectivity index (χ1n) is 6.36. The molecule has 0 atom stereocenters. The zero-order valence-electron chi connectivity index (χ0n) is 11.4. The van der Waals surface area contributed by atoms with E-state index < -0.39 is 5.97 Å². The van der Waals surface area contributed by atoms with E-state index in [2.05, 4.69) is 25.3 Å². The molecule has 2 rings (SSSR count). The Balaban J connectivity index is 2.88. The SMILES string of the molecule is CCc1c(C)n(CC)c2cc(C(=O)O)c(C)cc12. The normalized spacial score (nSPS) is 11.1. The number of fused-ring (bicyclic) bond motifs is 1. The molecule has 3 nitrogen and oxygen atoms in total. The van der Waals surface area contributed by atoms with Gasteiger partial charge in [0.05, 0.1) is 5.56 Å². The van der Waals surface area contributed by atoms with Gasteiger partial charge in [0.25, 0.3) is 0 Å². The van der Waals surface area contributed by atoms with Crippen molar-refractivity contribution in [2.75, 3.05) is 0 Å². The molecule has 0 radical (unpaired) electrons. The number of carboxylic acid groups (broad SMARTS) is 1. The van der Waals surface area contributed by atoms with E-state index in [0.717, 1.165) is 24.0 Å². The van der Waals surface area contributed by atoms with Crippen LogP contribution in [0.2, 0.25) is 0 Å². The Kier molecular flexibility index (Phi) is 3.16. The van der Waals surface area contributed by atoms with Gasteiger partial charge < -0.3 is 9.67 Å². The van der Waals surface area contributed by atoms with Gasteiger partial charge in [0.2, 0.25) is 0 Å². The van der Waals surface area contributed by atoms with E-state index in [-0.39, 0.29) is 0 Å². The van der Waals surface area contributed by atoms with Crippen LogP contribution < -0.4 is 0 Å². The third-order valence-corrected chi connectivity index (χ3v) is 3.70. The Morgan fingerprint density at radius 2 is 1.94 bits per heavy atom. The maximum absolute atomic E-state index is 11.2. The van der Waals surface area contributed by atoms with Gasteiger partial charge in [-0.15, -0.1) is 0 Å². The first-order valence-corrected chi connectivity index (χ1v) is 6.36. The number of nitrogens with zero attached hydrogens (tertiary/aromatic N) is 1. The van der Waals surface area contributed by atoms with E-state index in [1.165, 1.54) is 16.6 Å². The maximum atomic E-state index is 11.2. The van der Waals surface area contributed by atoms with Crippen molar-refractivity contribution in [1.29, 1.82) is 0 Å². The number of hydrogen-bond donors (Lipinski definition) is 1. The molecule has 0 saturated heterocycles. The van der Waals surface area contributed by atoms with Gasteiger partial charge in [0.1, 0.15) is 0 Å². The molecule has 0 aliphatic carbocycles. The van der Waals surface area contributed by atoms with E-state index in [9.17, 15) is 9.90 Å². The largest absolute Gasteiger partial charge is 0.478 e. The number of rotatable bonds is 3. The summed E-state index contributed by atoms with van der Waals surface area (Å²) in [4.78, 5) is 11.2. The van der Waals surface area contributed by atoms with Gasteiger partial charge in [-0.1, -0.05) is 6.92 Å². The predicted molar refractivity (Wildman–Crippen MR) is 73.4 cm³/mol. The van der Waals surface area contributed by atoms with Crippen molar-refractivity contribution in [3.8, 4) is 0 Å². The maximum Gasteiger partial charge on any atom is 0.336 e. The second-order valence-corrected chi connectivity index (χ2v) is 4.65. The Morgan fingerprint density at radius 1 is 1.28 bits per heavy atom. The van der Waals surface area contributed by atoms with Gasteiger partial charge in [-0.05, 0) is 50.5 Å². The predicted octanol–water partition coefficient (Wildman–Crippen LogP) is 3.54. The monoisotopic (exact) mass is 245 g/mol. The molecular formula is C15H19NO2. The standard InChI is InChI=1S/C15H19NO2/c1-5-11-10(4)16(6-2)14-8-12(15(17)18)9(3)7-13(11)14/h7-8H,5-6H2,1-4H3,(H,17,18). The Labute approximate surface area is 107 Å². The van der Waals surface area contributed by atoms with E-state index >= 15 is 0 Å². The lowest BCUT2D eigenvalue weighted by Crippen LogP contribution is -2.01. The highest BCUT2D eigenvalue weighted by Gasteiger charge is 2.16. The molecule has 18 heavy (non-hydrogen) atoms. The number of carbonyl (C=O) groups is 1. The number of aromatic carboxylic acids is 1. The lowest BCUT2D eigenvalue weighted by atomic mass is 10.0. The van der Waals surface area contributed by atoms with Crippen LogP contribution in [0.3, 0.4) is 0 Å². The second-order valence-electron chi connectivity index (χ2n) is 4.65. The Morgan fingerprint density at radius 3 is 2.44 bits per heavy atom. The molecule has 0 spiro atoms. The summed E-state index contributed by atoms with van der Waals surface area (Å²) in [5.41, 5.74) is 4.84. The molecule has 0 amide bonds. The third kappa shape index (κ3) is 1.70. The van der Waals surface area contributed by atoms with E-state index in [1.54, 1.807) is 0 Å². The summed E-state index contributed by atoms with van der Waals surface area (Å²) in [7, 11) is 0. The summed E-state index contributed by atoms with van der Waals surface area (Å²) in [5, 5.41) is 10.4. The fraction of sp³-hybridized carbons (Fsp3) is 0.400. The van der Waals surface area contributed by atoms with Crippen LogP contribution >= 0.6 is 0 Å². The van der Waals surface area contributed by atoms with Crippen LogP contribution in [0.5, 0.6) is 0 Å². The van der Waals surface area contributed by atoms with Gasteiger partial charge in [0, 0.05) is 23.1 Å². The molecule has 0 bridgehead atoms. The van der Waals surface area contributed by atoms with Crippen LogP contribution in [0.4, 0.5) is 0 Å². The zero-order valence-corrected chi connectivity index (χ0v) is 11.4. The molecule has 0 fully saturated rings. The average Bonchev–Trinajstić information content (AvgIpc) is 2.58. The highest BCUT2D eigenvalue weighted by atomic mass is 16.4. The number of aryl methyl sites for hydroxylation is 3. The second kappa shape index (κ2) is 4.48. The molecule has 1 aromatic heterocycles. The van der Waals surface area contributed by atoms with Crippen LogP contribution in [0.25, 0.3) is 10.9 Å². The van der Waals surface area contributed by atoms with Crippen LogP contribution in [0, 0.1) is 13.8 Å². The summed E-state index contributed by atoms with van der Waals surface area (Å²) in [6, 6.07) is 3.82. The van der Waals surface area contributed by atoms with Crippen LogP contribution in [-0.4, -0.2) is 15.6 Å². The molecule has 1 heterocycles. The lowest BCUT2D eigenvalue weighted by Gasteiger charge is -2.06. The van der Waals surface area contributed by atoms with Crippen molar-refractivity contribution in [1.82, 2.24) is 4.57 Å². The first kappa shape index (κ1) is 12.7. The molecule has 0 aliphatic rings. The summed E-state index contributed by atoms with van der Waals surface area (Å²) in [6.07, 6.45) is 0.973. The van der Waals surface area contributed by atoms with Gasteiger partial charge in [-0.2, -0.15) is 0 Å². The molecule has 1 N–H and O–H groups in total. The van der Waals surface area contributed by atoms with Crippen molar-refractivity contribution in [2.24, 2.45) is 0 Å². The van der Waals surface area contributed by atoms with Gasteiger partial charge in [-0.3, -0.25) is 0 Å². The minimum atomic E-state index is -0.853. The Bertz CT molecular complexity index is 623. The van der Waals surface area contributed by atoms with Crippen molar-refractivity contribution >= 4 is 16.9 Å². The lowest BCUT2D eigenvalue weighted by molar-refractivity contribution is 0.0696. The molecule has 0 saturated carbocycles. The summed E-state index contributed by atoms with van der Waals surface area (Å²) < 4.78 is 2.19. The molecule has 96 valence electrons. The fourth-order valence-corrected chi connectivity index (χ4v) is 2.78. The summed E-state index contributed by atoms with van der Waals surface area (Å²) in [6.45, 7) is 9.07. The molecule has 2 aromatic rings. The van der Waals surface area contributed by atoms with E-state index in [1.807, 2.05) is 19.1 Å². The van der Waals surface area contributed by atoms with Crippen molar-refractivity contribution in [3.05, 3.63) is 34.5 Å². The third-order valence-electron chi connectivity index (χ3n) is 3.70. The minimum Gasteiger partial charge on any atom is -0.478 e. The number of benzene rings is 1. The van der Waals surface area contributed by atoms with E-state index in [4.69, 9.17) is 0 Å². The number of aromatic nitrogens is 1. The van der Waals surface area contributed by atoms with Crippen molar-refractivity contribution in [3.63, 3.8) is 0 Å². The fourth-order valence-electron chi connectivity index (χ4n) is 2.78. The zero-order chi connectivity index (χ0) is 13.4. The average molecular weight is 245 g/mol. The molecule has 3 heteroatoms. The quantitative estimate of drug-likeness (QED) is 0.898. The summed E-state index contributed by atoms with van der Waals surface area (Å²) in [5.74, 6) is -0.853. The van der Waals surface area contributed by atoms with Crippen LogP contribution in [0.15, 0.2) is 12.1 Å².